The molecule has 0 aliphatic heterocycles. The Hall–Kier alpha value is -4.30. The minimum Gasteiger partial charge on any atom is -0.494 e. The van der Waals surface area contributed by atoms with Crippen molar-refractivity contribution in [3.63, 3.8) is 0 Å². The Balaban J connectivity index is 1.49. The monoisotopic (exact) mass is 546 g/mol. The van der Waals surface area contributed by atoms with Crippen molar-refractivity contribution in [2.75, 3.05) is 22.7 Å². The summed E-state index contributed by atoms with van der Waals surface area (Å²) in [5.41, 5.74) is 6.37. The van der Waals surface area contributed by atoms with Crippen LogP contribution >= 0.6 is 11.6 Å². The number of halogens is 1. The maximum Gasteiger partial charge on any atom is 0.328 e. The van der Waals surface area contributed by atoms with Crippen molar-refractivity contribution < 1.29 is 19.1 Å². The van der Waals surface area contributed by atoms with Crippen LogP contribution in [0.2, 0.25) is 5.02 Å². The largest absolute Gasteiger partial charge is 0.494 e. The summed E-state index contributed by atoms with van der Waals surface area (Å²) in [6, 6.07) is 19.0. The third-order valence-corrected chi connectivity index (χ3v) is 6.54. The van der Waals surface area contributed by atoms with Crippen molar-refractivity contribution in [2.24, 2.45) is 0 Å². The van der Waals surface area contributed by atoms with Crippen LogP contribution in [0.25, 0.3) is 10.9 Å². The minimum atomic E-state index is -0.942. The van der Waals surface area contributed by atoms with E-state index in [1.54, 1.807) is 54.6 Å². The van der Waals surface area contributed by atoms with Gasteiger partial charge in [-0.1, -0.05) is 37.4 Å². The van der Waals surface area contributed by atoms with Crippen molar-refractivity contribution in [1.82, 2.24) is 4.68 Å². The summed E-state index contributed by atoms with van der Waals surface area (Å²) in [4.78, 5) is 38.8. The summed E-state index contributed by atoms with van der Waals surface area (Å²) in [6.07, 6.45) is 3.18. The summed E-state index contributed by atoms with van der Waals surface area (Å²) in [5, 5.41) is 6.53. The van der Waals surface area contributed by atoms with Crippen molar-refractivity contribution in [1.29, 1.82) is 0 Å². The first-order chi connectivity index (χ1) is 18.7. The molecule has 0 spiro atoms. The average Bonchev–Trinajstić information content (AvgIpc) is 3.27. The number of rotatable bonds is 9. The molecule has 0 saturated carbocycles. The molecular formula is C30H31ClN4O4. The third kappa shape index (κ3) is 6.97. The van der Waals surface area contributed by atoms with Gasteiger partial charge in [-0.05, 0) is 92.1 Å². The van der Waals surface area contributed by atoms with E-state index in [1.165, 1.54) is 4.68 Å². The fraction of sp³-hybridized carbons (Fsp3) is 0.233. The van der Waals surface area contributed by atoms with Crippen LogP contribution in [0, 0.1) is 13.8 Å². The Labute approximate surface area is 232 Å². The molecule has 0 fully saturated rings. The van der Waals surface area contributed by atoms with E-state index in [0.717, 1.165) is 30.4 Å². The number of nitrogens with zero attached hydrogens (tertiary/aromatic N) is 1. The molecule has 0 saturated heterocycles. The summed E-state index contributed by atoms with van der Waals surface area (Å²) in [5.74, 6) is -1.60. The standard InChI is InChI=1S/C30H31ClN4O4/c1-4-5-6-15-39-25-12-10-23(11-13-25)32-29(37)30(38)34-35-26-14-8-22(31)17-21(26)18-27(35)28(36)33-24-9-7-19(2)20(3)16-24/h7-14,16-18H,4-6,15H2,1-3H3,(H,32,37)(H,33,36)(H,34,38). The van der Waals surface area contributed by atoms with Crippen molar-refractivity contribution in [3.8, 4) is 5.75 Å². The lowest BCUT2D eigenvalue weighted by molar-refractivity contribution is -0.133. The van der Waals surface area contributed by atoms with Crippen molar-refractivity contribution >= 4 is 51.6 Å². The van der Waals surface area contributed by atoms with Gasteiger partial charge >= 0.3 is 11.8 Å². The van der Waals surface area contributed by atoms with E-state index in [-0.39, 0.29) is 5.69 Å². The number of hydrogen-bond acceptors (Lipinski definition) is 4. The molecule has 3 N–H and O–H groups in total. The van der Waals surface area contributed by atoms with Gasteiger partial charge in [0, 0.05) is 21.8 Å². The average molecular weight is 547 g/mol. The van der Waals surface area contributed by atoms with Gasteiger partial charge in [-0.15, -0.1) is 0 Å². The van der Waals surface area contributed by atoms with Gasteiger partial charge in [-0.2, -0.15) is 0 Å². The molecule has 0 unspecified atom stereocenters. The topological polar surface area (TPSA) is 101 Å². The molecule has 0 radical (unpaired) electrons. The second-order valence-electron chi connectivity index (χ2n) is 9.30. The summed E-state index contributed by atoms with van der Waals surface area (Å²) in [6.45, 7) is 6.69. The molecule has 0 atom stereocenters. The first-order valence-corrected chi connectivity index (χ1v) is 13.2. The number of benzene rings is 3. The molecule has 0 aliphatic rings. The molecule has 202 valence electrons. The molecule has 3 amide bonds. The van der Waals surface area contributed by atoms with Crippen LogP contribution in [-0.4, -0.2) is 29.0 Å². The maximum absolute atomic E-state index is 13.2. The fourth-order valence-corrected chi connectivity index (χ4v) is 4.19. The number of carbonyl (C=O) groups excluding carboxylic acids is 3. The van der Waals surface area contributed by atoms with Gasteiger partial charge in [0.05, 0.1) is 12.1 Å². The Bertz CT molecular complexity index is 1510. The van der Waals surface area contributed by atoms with E-state index in [9.17, 15) is 14.4 Å². The van der Waals surface area contributed by atoms with Gasteiger partial charge < -0.3 is 15.4 Å². The first-order valence-electron chi connectivity index (χ1n) is 12.8. The number of aromatic nitrogens is 1. The number of ether oxygens (including phenoxy) is 1. The number of fused-ring (bicyclic) bond motifs is 1. The molecule has 1 heterocycles. The minimum absolute atomic E-state index is 0.135. The molecule has 39 heavy (non-hydrogen) atoms. The predicted molar refractivity (Wildman–Crippen MR) is 155 cm³/mol. The van der Waals surface area contributed by atoms with Crippen LogP contribution in [-0.2, 0) is 9.59 Å². The van der Waals surface area contributed by atoms with Gasteiger partial charge in [-0.3, -0.25) is 19.8 Å². The van der Waals surface area contributed by atoms with Gasteiger partial charge in [0.15, 0.2) is 0 Å². The van der Waals surface area contributed by atoms with E-state index < -0.39 is 17.7 Å². The van der Waals surface area contributed by atoms with Crippen molar-refractivity contribution in [2.45, 2.75) is 40.0 Å². The molecule has 1 aromatic heterocycles. The smallest absolute Gasteiger partial charge is 0.328 e. The van der Waals surface area contributed by atoms with E-state index in [1.807, 2.05) is 26.0 Å². The van der Waals surface area contributed by atoms with Crippen LogP contribution in [0.15, 0.2) is 66.7 Å². The van der Waals surface area contributed by atoms with Crippen LogP contribution in [0.1, 0.15) is 47.8 Å². The Morgan fingerprint density at radius 2 is 1.56 bits per heavy atom. The van der Waals surface area contributed by atoms with Gasteiger partial charge in [0.1, 0.15) is 11.4 Å². The molecule has 0 bridgehead atoms. The number of carbonyl (C=O) groups is 3. The van der Waals surface area contributed by atoms with Gasteiger partial charge in [0.25, 0.3) is 5.91 Å². The van der Waals surface area contributed by atoms with E-state index in [2.05, 4.69) is 23.0 Å². The molecule has 4 aromatic rings. The SMILES string of the molecule is CCCCCOc1ccc(NC(=O)C(=O)Nn2c(C(=O)Nc3ccc(C)c(C)c3)cc3cc(Cl)ccc32)cc1. The number of amides is 3. The highest BCUT2D eigenvalue weighted by atomic mass is 35.5. The highest BCUT2D eigenvalue weighted by molar-refractivity contribution is 6.42. The summed E-state index contributed by atoms with van der Waals surface area (Å²) >= 11 is 6.15. The van der Waals surface area contributed by atoms with E-state index >= 15 is 0 Å². The van der Waals surface area contributed by atoms with Crippen molar-refractivity contribution in [3.05, 3.63) is 88.6 Å². The zero-order chi connectivity index (χ0) is 27.9. The van der Waals surface area contributed by atoms with E-state index in [4.69, 9.17) is 16.3 Å². The number of nitrogens with one attached hydrogen (secondary N) is 3. The highest BCUT2D eigenvalue weighted by Crippen LogP contribution is 2.24. The number of unbranched alkanes of at least 4 members (excludes halogenated alkanes) is 2. The second-order valence-corrected chi connectivity index (χ2v) is 9.73. The molecule has 3 aromatic carbocycles. The van der Waals surface area contributed by atoms with Crippen LogP contribution in [0.5, 0.6) is 5.75 Å². The number of hydrogen-bond donors (Lipinski definition) is 3. The predicted octanol–water partition coefficient (Wildman–Crippen LogP) is 6.44. The number of aryl methyl sites for hydroxylation is 2. The lowest BCUT2D eigenvalue weighted by atomic mass is 10.1. The Kier molecular flexibility index (Phi) is 8.88. The Morgan fingerprint density at radius 1 is 0.821 bits per heavy atom. The normalized spacial score (nSPS) is 10.8. The third-order valence-electron chi connectivity index (χ3n) is 6.31. The van der Waals surface area contributed by atoms with Gasteiger partial charge in [0.2, 0.25) is 0 Å². The quantitative estimate of drug-likeness (QED) is 0.166. The molecule has 8 nitrogen and oxygen atoms in total. The molecule has 9 heteroatoms. The maximum atomic E-state index is 13.2. The van der Waals surface area contributed by atoms with E-state index in [0.29, 0.717) is 39.7 Å². The summed E-state index contributed by atoms with van der Waals surface area (Å²) < 4.78 is 6.97. The fourth-order valence-electron chi connectivity index (χ4n) is 4.00. The van der Waals surface area contributed by atoms with Gasteiger partial charge in [-0.25, -0.2) is 4.68 Å². The Morgan fingerprint density at radius 3 is 2.28 bits per heavy atom. The highest BCUT2D eigenvalue weighted by Gasteiger charge is 2.21. The lowest BCUT2D eigenvalue weighted by Gasteiger charge is -2.13. The van der Waals surface area contributed by atoms with Crippen LogP contribution in [0.3, 0.4) is 0 Å². The molecule has 0 aliphatic carbocycles. The zero-order valence-electron chi connectivity index (χ0n) is 22.1. The molecular weight excluding hydrogens is 516 g/mol. The van der Waals surface area contributed by atoms with Crippen LogP contribution in [0.4, 0.5) is 11.4 Å². The molecule has 4 rings (SSSR count). The summed E-state index contributed by atoms with van der Waals surface area (Å²) in [7, 11) is 0. The number of anilines is 2. The first kappa shape index (κ1) is 27.7. The second kappa shape index (κ2) is 12.5. The lowest BCUT2D eigenvalue weighted by Crippen LogP contribution is -2.36. The zero-order valence-corrected chi connectivity index (χ0v) is 22.9. The van der Waals surface area contributed by atoms with Crippen LogP contribution < -0.4 is 20.8 Å².